The summed E-state index contributed by atoms with van der Waals surface area (Å²) in [6.45, 7) is 0.219. The van der Waals surface area contributed by atoms with Crippen LogP contribution < -0.4 is 5.56 Å². The highest BCUT2D eigenvalue weighted by Gasteiger charge is 2.31. The van der Waals surface area contributed by atoms with Crippen molar-refractivity contribution in [3.05, 3.63) is 92.1 Å². The number of aromatic nitrogens is 3. The Morgan fingerprint density at radius 2 is 2.03 bits per heavy atom. The largest absolute Gasteiger partial charge is 0.388 e. The van der Waals surface area contributed by atoms with Gasteiger partial charge in [-0.25, -0.2) is 9.97 Å². The lowest BCUT2D eigenvalue weighted by Crippen LogP contribution is -2.28. The number of fused-ring (bicyclic) bond motifs is 1. The third-order valence-corrected chi connectivity index (χ3v) is 8.07. The molecule has 7 nitrogen and oxygen atoms in total. The standard InChI is InChI=1S/C27H27ClN4O3S/c1-32(15-23-30-21-10-11-36-25(21)26(34)31-23)27(35)18-5-2-16(3-6-18)12-17-4-7-19(13-17)24(33)20-8-9-22(28)29-14-20/h2-3,5-6,8-11,14,17,19,24,33H,4,7,12-13,15H2,1H3,(H,30,31,34)/t17-,19-,24-/m0/s1. The van der Waals surface area contributed by atoms with Crippen molar-refractivity contribution < 1.29 is 9.90 Å². The van der Waals surface area contributed by atoms with Crippen molar-refractivity contribution in [2.24, 2.45) is 11.8 Å². The monoisotopic (exact) mass is 522 g/mol. The van der Waals surface area contributed by atoms with Crippen LogP contribution >= 0.6 is 22.9 Å². The zero-order valence-corrected chi connectivity index (χ0v) is 21.4. The summed E-state index contributed by atoms with van der Waals surface area (Å²) < 4.78 is 0.591. The maximum Gasteiger partial charge on any atom is 0.268 e. The van der Waals surface area contributed by atoms with Gasteiger partial charge in [0.15, 0.2) is 0 Å². The number of thiophene rings is 1. The summed E-state index contributed by atoms with van der Waals surface area (Å²) >= 11 is 7.21. The van der Waals surface area contributed by atoms with Crippen molar-refractivity contribution in [1.29, 1.82) is 0 Å². The Balaban J connectivity index is 1.17. The number of nitrogens with zero attached hydrogens (tertiary/aromatic N) is 3. The van der Waals surface area contributed by atoms with Gasteiger partial charge < -0.3 is 15.0 Å². The third kappa shape index (κ3) is 5.36. The number of amides is 1. The highest BCUT2D eigenvalue weighted by atomic mass is 35.5. The maximum atomic E-state index is 12.9. The molecule has 0 saturated heterocycles. The average molecular weight is 523 g/mol. The van der Waals surface area contributed by atoms with Crippen molar-refractivity contribution in [1.82, 2.24) is 19.9 Å². The number of hydrogen-bond acceptors (Lipinski definition) is 6. The van der Waals surface area contributed by atoms with E-state index in [0.29, 0.717) is 32.7 Å². The number of aromatic amines is 1. The minimum absolute atomic E-state index is 0.129. The quantitative estimate of drug-likeness (QED) is 0.333. The smallest absolute Gasteiger partial charge is 0.268 e. The van der Waals surface area contributed by atoms with Crippen molar-refractivity contribution in [2.45, 2.75) is 38.3 Å². The van der Waals surface area contributed by atoms with E-state index in [1.807, 2.05) is 35.7 Å². The Morgan fingerprint density at radius 3 is 2.78 bits per heavy atom. The van der Waals surface area contributed by atoms with Gasteiger partial charge in [0, 0.05) is 18.8 Å². The molecule has 1 amide bonds. The second-order valence-electron chi connectivity index (χ2n) is 9.51. The molecule has 1 saturated carbocycles. The molecule has 0 radical (unpaired) electrons. The number of rotatable bonds is 7. The Hall–Kier alpha value is -3.07. The second-order valence-corrected chi connectivity index (χ2v) is 10.8. The predicted molar refractivity (Wildman–Crippen MR) is 141 cm³/mol. The van der Waals surface area contributed by atoms with Crippen LogP contribution in [-0.2, 0) is 13.0 Å². The molecular weight excluding hydrogens is 496 g/mol. The molecule has 0 bridgehead atoms. The van der Waals surface area contributed by atoms with Crippen LogP contribution in [0.2, 0.25) is 5.15 Å². The Kier molecular flexibility index (Phi) is 7.18. The minimum atomic E-state index is -0.528. The molecule has 3 atom stereocenters. The molecule has 9 heteroatoms. The molecule has 1 fully saturated rings. The molecule has 3 heterocycles. The fourth-order valence-electron chi connectivity index (χ4n) is 5.05. The van der Waals surface area contributed by atoms with Crippen molar-refractivity contribution >= 4 is 39.1 Å². The third-order valence-electron chi connectivity index (χ3n) is 6.94. The zero-order valence-electron chi connectivity index (χ0n) is 19.9. The van der Waals surface area contributed by atoms with E-state index in [2.05, 4.69) is 15.0 Å². The number of aliphatic hydroxyl groups is 1. The minimum Gasteiger partial charge on any atom is -0.388 e. The average Bonchev–Trinajstić information content (AvgIpc) is 3.54. The first-order valence-corrected chi connectivity index (χ1v) is 13.2. The van der Waals surface area contributed by atoms with E-state index >= 15 is 0 Å². The lowest BCUT2D eigenvalue weighted by Gasteiger charge is -2.19. The van der Waals surface area contributed by atoms with E-state index < -0.39 is 6.10 Å². The maximum absolute atomic E-state index is 12.9. The van der Waals surface area contributed by atoms with Gasteiger partial charge in [-0.05, 0) is 78.3 Å². The van der Waals surface area contributed by atoms with Gasteiger partial charge in [-0.1, -0.05) is 29.8 Å². The van der Waals surface area contributed by atoms with E-state index in [0.717, 1.165) is 31.2 Å². The molecule has 1 aliphatic carbocycles. The van der Waals surface area contributed by atoms with Gasteiger partial charge in [-0.2, -0.15) is 0 Å². The molecule has 4 aromatic rings. The summed E-state index contributed by atoms with van der Waals surface area (Å²) in [5, 5.41) is 13.0. The predicted octanol–water partition coefficient (Wildman–Crippen LogP) is 5.00. The topological polar surface area (TPSA) is 99.2 Å². The number of carbonyl (C=O) groups is 1. The number of H-pyrrole nitrogens is 1. The Morgan fingerprint density at radius 1 is 1.22 bits per heavy atom. The molecule has 2 N–H and O–H groups in total. The summed E-state index contributed by atoms with van der Waals surface area (Å²) in [6.07, 6.45) is 5.03. The van der Waals surface area contributed by atoms with Gasteiger partial charge in [0.1, 0.15) is 15.7 Å². The van der Waals surface area contributed by atoms with Crippen LogP contribution in [0.15, 0.2) is 58.8 Å². The van der Waals surface area contributed by atoms with Gasteiger partial charge in [-0.15, -0.1) is 11.3 Å². The SMILES string of the molecule is CN(Cc1nc2ccsc2c(=O)[nH]1)C(=O)c1ccc(C[C@@H]2CC[C@H]([C@H](O)c3ccc(Cl)nc3)C2)cc1. The van der Waals surface area contributed by atoms with Crippen LogP contribution in [0, 0.1) is 11.8 Å². The lowest BCUT2D eigenvalue weighted by molar-refractivity contribution is 0.0781. The number of benzene rings is 1. The molecule has 0 aliphatic heterocycles. The normalized spacial score (nSPS) is 18.4. The Bertz CT molecular complexity index is 1420. The highest BCUT2D eigenvalue weighted by Crippen LogP contribution is 2.40. The first-order valence-electron chi connectivity index (χ1n) is 12.0. The number of pyridine rings is 1. The van der Waals surface area contributed by atoms with Crippen molar-refractivity contribution in [2.75, 3.05) is 7.05 Å². The summed E-state index contributed by atoms with van der Waals surface area (Å²) in [5.41, 5.74) is 3.05. The van der Waals surface area contributed by atoms with E-state index in [1.54, 1.807) is 30.3 Å². The second kappa shape index (κ2) is 10.5. The van der Waals surface area contributed by atoms with Crippen LogP contribution in [0.3, 0.4) is 0 Å². The van der Waals surface area contributed by atoms with E-state index in [-0.39, 0.29) is 23.9 Å². The van der Waals surface area contributed by atoms with Crippen LogP contribution in [0.5, 0.6) is 0 Å². The van der Waals surface area contributed by atoms with E-state index in [9.17, 15) is 14.7 Å². The van der Waals surface area contributed by atoms with Gasteiger partial charge in [0.05, 0.1) is 18.2 Å². The van der Waals surface area contributed by atoms with Crippen molar-refractivity contribution in [3.8, 4) is 0 Å². The van der Waals surface area contributed by atoms with Crippen LogP contribution in [0.4, 0.5) is 0 Å². The fraction of sp³-hybridized carbons (Fsp3) is 0.333. The highest BCUT2D eigenvalue weighted by molar-refractivity contribution is 7.17. The molecule has 5 rings (SSSR count). The van der Waals surface area contributed by atoms with Gasteiger partial charge >= 0.3 is 0 Å². The fourth-order valence-corrected chi connectivity index (χ4v) is 5.89. The molecule has 1 aromatic carbocycles. The molecular formula is C27H27ClN4O3S. The van der Waals surface area contributed by atoms with Crippen LogP contribution in [0.25, 0.3) is 10.2 Å². The molecule has 3 aromatic heterocycles. The van der Waals surface area contributed by atoms with E-state index in [1.165, 1.54) is 16.9 Å². The van der Waals surface area contributed by atoms with Gasteiger partial charge in [0.2, 0.25) is 0 Å². The lowest BCUT2D eigenvalue weighted by atomic mass is 9.92. The first kappa shape index (κ1) is 24.6. The number of aliphatic hydroxyl groups excluding tert-OH is 1. The first-order chi connectivity index (χ1) is 17.4. The van der Waals surface area contributed by atoms with Crippen LogP contribution in [0.1, 0.15) is 52.7 Å². The van der Waals surface area contributed by atoms with Gasteiger partial charge in [-0.3, -0.25) is 9.59 Å². The molecule has 1 aliphatic rings. The molecule has 186 valence electrons. The van der Waals surface area contributed by atoms with Gasteiger partial charge in [0.25, 0.3) is 11.5 Å². The number of nitrogens with one attached hydrogen (secondary N) is 1. The molecule has 0 spiro atoms. The summed E-state index contributed by atoms with van der Waals surface area (Å²) in [6, 6.07) is 13.1. The number of hydrogen-bond donors (Lipinski definition) is 2. The summed E-state index contributed by atoms with van der Waals surface area (Å²) in [7, 11) is 1.70. The molecule has 0 unspecified atom stereocenters. The van der Waals surface area contributed by atoms with Crippen LogP contribution in [-0.4, -0.2) is 37.9 Å². The molecule has 36 heavy (non-hydrogen) atoms. The van der Waals surface area contributed by atoms with Crippen molar-refractivity contribution in [3.63, 3.8) is 0 Å². The summed E-state index contributed by atoms with van der Waals surface area (Å²) in [4.78, 5) is 38.0. The summed E-state index contributed by atoms with van der Waals surface area (Å²) in [5.74, 6) is 1.03. The zero-order chi connectivity index (χ0) is 25.2. The number of halogens is 1. The Labute approximate surface area is 217 Å². The number of carbonyl (C=O) groups excluding carboxylic acids is 1. The van der Waals surface area contributed by atoms with E-state index in [4.69, 9.17) is 11.6 Å².